The quantitative estimate of drug-likeness (QED) is 0.779. The summed E-state index contributed by atoms with van der Waals surface area (Å²) >= 11 is 0. The van der Waals surface area contributed by atoms with Crippen LogP contribution in [0.15, 0.2) is 36.5 Å². The van der Waals surface area contributed by atoms with Gasteiger partial charge in [0.15, 0.2) is 0 Å². The third-order valence-corrected chi connectivity index (χ3v) is 6.44. The maximum atomic E-state index is 13.1. The Hall–Kier alpha value is -2.38. The first-order valence-electron chi connectivity index (χ1n) is 10.9. The maximum absolute atomic E-state index is 13.1. The van der Waals surface area contributed by atoms with E-state index in [9.17, 15) is 4.79 Å². The molecule has 1 aromatic heterocycles. The van der Waals surface area contributed by atoms with E-state index in [0.29, 0.717) is 0 Å². The number of amides is 1. The Morgan fingerprint density at radius 3 is 2.83 bits per heavy atom. The van der Waals surface area contributed by atoms with Crippen LogP contribution in [0.5, 0.6) is 0 Å². The fourth-order valence-corrected chi connectivity index (χ4v) is 4.70. The van der Waals surface area contributed by atoms with E-state index in [-0.39, 0.29) is 17.9 Å². The van der Waals surface area contributed by atoms with Gasteiger partial charge in [0.05, 0.1) is 11.6 Å². The lowest BCUT2D eigenvalue weighted by atomic mass is 9.80. The molecule has 2 aromatic rings. The molecule has 0 bridgehead atoms. The van der Waals surface area contributed by atoms with Crippen molar-refractivity contribution in [3.63, 3.8) is 0 Å². The molecule has 1 heterocycles. The van der Waals surface area contributed by atoms with E-state index in [1.54, 1.807) is 7.11 Å². The summed E-state index contributed by atoms with van der Waals surface area (Å²) in [5.74, 6) is 6.97. The lowest BCUT2D eigenvalue weighted by Crippen LogP contribution is -2.51. The number of carbonyl (C=O) groups excluding carboxylic acids is 1. The maximum Gasteiger partial charge on any atom is 0.224 e. The van der Waals surface area contributed by atoms with Crippen LogP contribution in [0.3, 0.4) is 0 Å². The summed E-state index contributed by atoms with van der Waals surface area (Å²) in [6.07, 6.45) is 11.2. The number of pyridine rings is 1. The minimum Gasteiger partial charge on any atom is -0.381 e. The van der Waals surface area contributed by atoms with Crippen molar-refractivity contribution in [2.24, 2.45) is 5.92 Å². The highest BCUT2D eigenvalue weighted by Crippen LogP contribution is 2.31. The standard InChI is InChI=1S/C25H30N2O2/c1-29-22-10-7-9-21(17-22)24(28)27-25(13-5-2-6-14-25)15-12-19-16-20-8-3-4-11-23(20)26-18-19/h3-4,8,11,16,18,21-22H,2,5-7,9-10,13-14,17H2,1H3,(H,27,28). The van der Waals surface area contributed by atoms with E-state index in [1.807, 2.05) is 24.4 Å². The molecule has 2 atom stereocenters. The molecule has 1 N–H and O–H groups in total. The minimum absolute atomic E-state index is 0.0386. The van der Waals surface area contributed by atoms with E-state index in [4.69, 9.17) is 4.74 Å². The molecule has 0 saturated heterocycles. The highest BCUT2D eigenvalue weighted by atomic mass is 16.5. The molecule has 4 rings (SSSR count). The highest BCUT2D eigenvalue weighted by Gasteiger charge is 2.35. The molecule has 0 spiro atoms. The van der Waals surface area contributed by atoms with Gasteiger partial charge in [-0.15, -0.1) is 0 Å². The Kier molecular flexibility index (Phi) is 6.16. The lowest BCUT2D eigenvalue weighted by molar-refractivity contribution is -0.129. The van der Waals surface area contributed by atoms with Crippen LogP contribution in [0.25, 0.3) is 10.9 Å². The number of hydrogen-bond acceptors (Lipinski definition) is 3. The Morgan fingerprint density at radius 1 is 1.17 bits per heavy atom. The zero-order chi connectivity index (χ0) is 20.1. The third-order valence-electron chi connectivity index (χ3n) is 6.44. The molecular formula is C25H30N2O2. The van der Waals surface area contributed by atoms with Gasteiger partial charge in [-0.3, -0.25) is 9.78 Å². The first kappa shape index (κ1) is 19.9. The summed E-state index contributed by atoms with van der Waals surface area (Å²) in [5, 5.41) is 4.46. The Labute approximate surface area is 173 Å². The summed E-state index contributed by atoms with van der Waals surface area (Å²) in [7, 11) is 1.75. The summed E-state index contributed by atoms with van der Waals surface area (Å²) in [4.78, 5) is 17.6. The SMILES string of the molecule is COC1CCCC(C(=O)NC2(C#Cc3cnc4ccccc4c3)CCCCC2)C1. The first-order valence-corrected chi connectivity index (χ1v) is 10.9. The molecule has 2 saturated carbocycles. The smallest absolute Gasteiger partial charge is 0.224 e. The van der Waals surface area contributed by atoms with Gasteiger partial charge in [-0.05, 0) is 44.2 Å². The van der Waals surface area contributed by atoms with Gasteiger partial charge < -0.3 is 10.1 Å². The van der Waals surface area contributed by atoms with Gasteiger partial charge in [0, 0.05) is 30.2 Å². The number of carbonyl (C=O) groups is 1. The van der Waals surface area contributed by atoms with Crippen LogP contribution in [0, 0.1) is 17.8 Å². The predicted octanol–water partition coefficient (Wildman–Crippen LogP) is 4.61. The van der Waals surface area contributed by atoms with Crippen LogP contribution in [0.2, 0.25) is 0 Å². The van der Waals surface area contributed by atoms with Crippen molar-refractivity contribution in [1.82, 2.24) is 10.3 Å². The van der Waals surface area contributed by atoms with Crippen molar-refractivity contribution in [3.8, 4) is 11.8 Å². The Bertz CT molecular complexity index is 921. The van der Waals surface area contributed by atoms with Crippen LogP contribution in [-0.4, -0.2) is 29.6 Å². The van der Waals surface area contributed by atoms with Crippen molar-refractivity contribution in [2.45, 2.75) is 69.4 Å². The van der Waals surface area contributed by atoms with Crippen LogP contribution in [0.1, 0.15) is 63.4 Å². The number of nitrogens with zero attached hydrogens (tertiary/aromatic N) is 1. The molecule has 2 aliphatic carbocycles. The number of para-hydroxylation sites is 1. The highest BCUT2D eigenvalue weighted by molar-refractivity contribution is 5.81. The second-order valence-electron chi connectivity index (χ2n) is 8.52. The van der Waals surface area contributed by atoms with Crippen LogP contribution in [-0.2, 0) is 9.53 Å². The molecule has 1 amide bonds. The Morgan fingerprint density at radius 2 is 2.00 bits per heavy atom. The molecule has 4 heteroatoms. The van der Waals surface area contributed by atoms with E-state index < -0.39 is 5.54 Å². The Balaban J connectivity index is 1.53. The van der Waals surface area contributed by atoms with Crippen LogP contribution >= 0.6 is 0 Å². The second kappa shape index (κ2) is 8.97. The normalized spacial score (nSPS) is 23.8. The third kappa shape index (κ3) is 4.79. The van der Waals surface area contributed by atoms with Gasteiger partial charge in [0.2, 0.25) is 5.91 Å². The zero-order valence-corrected chi connectivity index (χ0v) is 17.2. The summed E-state index contributed by atoms with van der Waals surface area (Å²) in [6.45, 7) is 0. The monoisotopic (exact) mass is 390 g/mol. The number of benzene rings is 1. The van der Waals surface area contributed by atoms with E-state index in [1.165, 1.54) is 6.42 Å². The van der Waals surface area contributed by atoms with Gasteiger partial charge in [-0.1, -0.05) is 55.7 Å². The van der Waals surface area contributed by atoms with E-state index >= 15 is 0 Å². The van der Waals surface area contributed by atoms with Crippen molar-refractivity contribution in [3.05, 3.63) is 42.1 Å². The number of hydrogen-bond donors (Lipinski definition) is 1. The average molecular weight is 391 g/mol. The van der Waals surface area contributed by atoms with E-state index in [2.05, 4.69) is 34.3 Å². The number of ether oxygens (including phenoxy) is 1. The largest absolute Gasteiger partial charge is 0.381 e. The second-order valence-corrected chi connectivity index (χ2v) is 8.52. The van der Waals surface area contributed by atoms with Gasteiger partial charge in [-0.2, -0.15) is 0 Å². The lowest BCUT2D eigenvalue weighted by Gasteiger charge is -2.36. The topological polar surface area (TPSA) is 51.2 Å². The molecule has 2 unspecified atom stereocenters. The van der Waals surface area contributed by atoms with Crippen molar-refractivity contribution < 1.29 is 9.53 Å². The van der Waals surface area contributed by atoms with Crippen molar-refractivity contribution >= 4 is 16.8 Å². The first-order chi connectivity index (χ1) is 14.2. The molecule has 2 aliphatic rings. The van der Waals surface area contributed by atoms with Crippen molar-refractivity contribution in [1.29, 1.82) is 0 Å². The summed E-state index contributed by atoms with van der Waals surface area (Å²) in [5.41, 5.74) is 1.46. The van der Waals surface area contributed by atoms with Crippen LogP contribution in [0.4, 0.5) is 0 Å². The van der Waals surface area contributed by atoms with Gasteiger partial charge in [-0.25, -0.2) is 0 Å². The van der Waals surface area contributed by atoms with Gasteiger partial charge in [0.25, 0.3) is 0 Å². The molecule has 152 valence electrons. The summed E-state index contributed by atoms with van der Waals surface area (Å²) < 4.78 is 5.51. The molecular weight excluding hydrogens is 360 g/mol. The molecule has 1 aromatic carbocycles. The number of fused-ring (bicyclic) bond motifs is 1. The van der Waals surface area contributed by atoms with Crippen molar-refractivity contribution in [2.75, 3.05) is 7.11 Å². The fraction of sp³-hybridized carbons (Fsp3) is 0.520. The average Bonchev–Trinajstić information content (AvgIpc) is 2.78. The number of nitrogens with one attached hydrogen (secondary N) is 1. The van der Waals surface area contributed by atoms with Gasteiger partial charge in [0.1, 0.15) is 5.54 Å². The minimum atomic E-state index is -0.416. The molecule has 4 nitrogen and oxygen atoms in total. The number of rotatable bonds is 3. The van der Waals surface area contributed by atoms with Crippen LogP contribution < -0.4 is 5.32 Å². The molecule has 0 radical (unpaired) electrons. The molecule has 2 fully saturated rings. The molecule has 29 heavy (non-hydrogen) atoms. The zero-order valence-electron chi connectivity index (χ0n) is 17.2. The number of methoxy groups -OCH3 is 1. The molecule has 0 aliphatic heterocycles. The van der Waals surface area contributed by atoms with E-state index in [0.717, 1.165) is 67.8 Å². The fourth-order valence-electron chi connectivity index (χ4n) is 4.70. The predicted molar refractivity (Wildman–Crippen MR) is 115 cm³/mol. The summed E-state index contributed by atoms with van der Waals surface area (Å²) in [6, 6.07) is 10.2. The number of aromatic nitrogens is 1. The van der Waals surface area contributed by atoms with Gasteiger partial charge >= 0.3 is 0 Å².